The normalized spacial score (nSPS) is 10.5. The Morgan fingerprint density at radius 1 is 1.04 bits per heavy atom. The van der Waals surface area contributed by atoms with Crippen LogP contribution in [-0.4, -0.2) is 20.4 Å². The van der Waals surface area contributed by atoms with Gasteiger partial charge < -0.3 is 5.11 Å². The Balaban J connectivity index is 2.26. The molecule has 3 rings (SSSR count). The Hall–Kier alpha value is -3.12. The Morgan fingerprint density at radius 2 is 1.75 bits per heavy atom. The highest BCUT2D eigenvalue weighted by Gasteiger charge is 2.22. The van der Waals surface area contributed by atoms with Crippen LogP contribution in [0.2, 0.25) is 5.02 Å². The van der Waals surface area contributed by atoms with Gasteiger partial charge in [-0.05, 0) is 18.2 Å². The van der Waals surface area contributed by atoms with Gasteiger partial charge >= 0.3 is 5.69 Å². The fourth-order valence-corrected chi connectivity index (χ4v) is 2.50. The van der Waals surface area contributed by atoms with Crippen molar-refractivity contribution in [3.05, 3.63) is 91.6 Å². The zero-order valence-electron chi connectivity index (χ0n) is 12.2. The number of aromatic hydroxyl groups is 1. The molecule has 3 aromatic rings. The van der Waals surface area contributed by atoms with Gasteiger partial charge in [0.25, 0.3) is 5.56 Å². The lowest BCUT2D eigenvalue weighted by Gasteiger charge is -2.11. The van der Waals surface area contributed by atoms with Crippen LogP contribution in [0.5, 0.6) is 5.88 Å². The van der Waals surface area contributed by atoms with Gasteiger partial charge in [-0.2, -0.15) is 0 Å². The third kappa shape index (κ3) is 2.75. The van der Waals surface area contributed by atoms with E-state index in [1.807, 2.05) is 4.98 Å². The summed E-state index contributed by atoms with van der Waals surface area (Å²) in [7, 11) is 0. The van der Waals surface area contributed by atoms with Crippen molar-refractivity contribution in [2.75, 3.05) is 0 Å². The molecule has 0 amide bonds. The maximum absolute atomic E-state index is 12.5. The minimum absolute atomic E-state index is 0.217. The molecule has 2 aromatic carbocycles. The minimum Gasteiger partial charge on any atom is -0.493 e. The van der Waals surface area contributed by atoms with Crippen molar-refractivity contribution in [3.63, 3.8) is 0 Å². The predicted molar refractivity (Wildman–Crippen MR) is 89.2 cm³/mol. The van der Waals surface area contributed by atoms with Crippen LogP contribution in [0.4, 0.5) is 0 Å². The lowest BCUT2D eigenvalue weighted by atomic mass is 10.1. The van der Waals surface area contributed by atoms with E-state index in [9.17, 15) is 19.5 Å². The number of benzene rings is 2. The van der Waals surface area contributed by atoms with Crippen molar-refractivity contribution >= 4 is 17.4 Å². The van der Waals surface area contributed by atoms with E-state index in [0.717, 1.165) is 4.57 Å². The highest BCUT2D eigenvalue weighted by molar-refractivity contribution is 6.30. The third-order valence-corrected chi connectivity index (χ3v) is 3.65. The molecule has 0 aliphatic heterocycles. The molecule has 0 saturated carbocycles. The SMILES string of the molecule is O=C(c1ccccc1)c1c(O)n(-c2cccc(Cl)c2)c(=O)[nH]c1=O. The van der Waals surface area contributed by atoms with Crippen molar-refractivity contribution in [1.29, 1.82) is 0 Å². The fourth-order valence-electron chi connectivity index (χ4n) is 2.32. The minimum atomic E-state index is -0.954. The second-order valence-corrected chi connectivity index (χ2v) is 5.40. The van der Waals surface area contributed by atoms with Crippen molar-refractivity contribution in [3.8, 4) is 11.6 Å². The predicted octanol–water partition coefficient (Wildman–Crippen LogP) is 2.12. The molecule has 0 bridgehead atoms. The monoisotopic (exact) mass is 342 g/mol. The van der Waals surface area contributed by atoms with Crippen LogP contribution in [0.25, 0.3) is 5.69 Å². The summed E-state index contributed by atoms with van der Waals surface area (Å²) in [6.45, 7) is 0. The second kappa shape index (κ2) is 6.17. The van der Waals surface area contributed by atoms with Crippen LogP contribution in [0.15, 0.2) is 64.2 Å². The number of aromatic nitrogens is 2. The van der Waals surface area contributed by atoms with Gasteiger partial charge in [-0.15, -0.1) is 0 Å². The molecule has 24 heavy (non-hydrogen) atoms. The Kier molecular flexibility index (Phi) is 4.05. The average molecular weight is 343 g/mol. The van der Waals surface area contributed by atoms with Crippen molar-refractivity contribution in [2.24, 2.45) is 0 Å². The first kappa shape index (κ1) is 15.8. The van der Waals surface area contributed by atoms with Crippen LogP contribution < -0.4 is 11.2 Å². The number of hydrogen-bond donors (Lipinski definition) is 2. The van der Waals surface area contributed by atoms with E-state index in [1.165, 1.54) is 24.3 Å². The summed E-state index contributed by atoms with van der Waals surface area (Å²) in [6.07, 6.45) is 0. The van der Waals surface area contributed by atoms with Crippen LogP contribution in [0, 0.1) is 0 Å². The lowest BCUT2D eigenvalue weighted by Crippen LogP contribution is -2.33. The molecule has 2 N–H and O–H groups in total. The molecule has 0 aliphatic carbocycles. The van der Waals surface area contributed by atoms with E-state index < -0.39 is 28.5 Å². The van der Waals surface area contributed by atoms with E-state index in [1.54, 1.807) is 30.3 Å². The smallest absolute Gasteiger partial charge is 0.335 e. The first-order valence-electron chi connectivity index (χ1n) is 6.93. The van der Waals surface area contributed by atoms with E-state index in [2.05, 4.69) is 0 Å². The molecule has 0 aliphatic rings. The number of rotatable bonds is 3. The fraction of sp³-hybridized carbons (Fsp3) is 0. The molecular weight excluding hydrogens is 332 g/mol. The van der Waals surface area contributed by atoms with Gasteiger partial charge in [-0.25, -0.2) is 9.36 Å². The van der Waals surface area contributed by atoms with Crippen LogP contribution in [-0.2, 0) is 0 Å². The van der Waals surface area contributed by atoms with Crippen molar-refractivity contribution in [2.45, 2.75) is 0 Å². The highest BCUT2D eigenvalue weighted by atomic mass is 35.5. The molecule has 6 nitrogen and oxygen atoms in total. The maximum atomic E-state index is 12.5. The topological polar surface area (TPSA) is 92.2 Å². The van der Waals surface area contributed by atoms with Crippen LogP contribution in [0.1, 0.15) is 15.9 Å². The molecule has 1 aromatic heterocycles. The largest absolute Gasteiger partial charge is 0.493 e. The maximum Gasteiger partial charge on any atom is 0.335 e. The quantitative estimate of drug-likeness (QED) is 0.713. The Morgan fingerprint density at radius 3 is 2.42 bits per heavy atom. The summed E-state index contributed by atoms with van der Waals surface area (Å²) in [5.41, 5.74) is -1.90. The first-order chi connectivity index (χ1) is 11.5. The molecule has 0 unspecified atom stereocenters. The number of nitrogens with one attached hydrogen (secondary N) is 1. The first-order valence-corrected chi connectivity index (χ1v) is 7.31. The molecule has 0 atom stereocenters. The Labute approximate surface area is 140 Å². The zero-order valence-corrected chi connectivity index (χ0v) is 12.9. The summed E-state index contributed by atoms with van der Waals surface area (Å²) in [5.74, 6) is -1.43. The number of carbonyl (C=O) groups excluding carboxylic acids is 1. The molecule has 0 spiro atoms. The van der Waals surface area contributed by atoms with Gasteiger partial charge in [0.1, 0.15) is 5.56 Å². The van der Waals surface area contributed by atoms with E-state index in [0.29, 0.717) is 5.02 Å². The van der Waals surface area contributed by atoms with Crippen LogP contribution >= 0.6 is 11.6 Å². The number of halogens is 1. The number of ketones is 1. The molecule has 0 saturated heterocycles. The Bertz CT molecular complexity index is 1040. The van der Waals surface area contributed by atoms with E-state index in [4.69, 9.17) is 11.6 Å². The van der Waals surface area contributed by atoms with Gasteiger partial charge in [0, 0.05) is 10.6 Å². The van der Waals surface area contributed by atoms with Gasteiger partial charge in [-0.1, -0.05) is 48.0 Å². The van der Waals surface area contributed by atoms with Gasteiger partial charge in [0.05, 0.1) is 5.69 Å². The standard InChI is InChI=1S/C17H11ClN2O4/c18-11-7-4-8-12(9-11)20-16(23)13(15(22)19-17(20)24)14(21)10-5-2-1-3-6-10/h1-9,23H,(H,19,22,24). The lowest BCUT2D eigenvalue weighted by molar-refractivity contribution is 0.103. The van der Waals surface area contributed by atoms with Gasteiger partial charge in [0.2, 0.25) is 11.7 Å². The number of carbonyl (C=O) groups is 1. The number of nitrogens with zero attached hydrogens (tertiary/aromatic N) is 1. The molecule has 7 heteroatoms. The second-order valence-electron chi connectivity index (χ2n) is 4.97. The highest BCUT2D eigenvalue weighted by Crippen LogP contribution is 2.21. The summed E-state index contributed by atoms with van der Waals surface area (Å²) in [5, 5.41) is 10.7. The number of aromatic amines is 1. The van der Waals surface area contributed by atoms with Crippen LogP contribution in [0.3, 0.4) is 0 Å². The van der Waals surface area contributed by atoms with Crippen molar-refractivity contribution in [1.82, 2.24) is 9.55 Å². The van der Waals surface area contributed by atoms with E-state index >= 15 is 0 Å². The number of H-pyrrole nitrogens is 1. The molecule has 0 fully saturated rings. The molecular formula is C17H11ClN2O4. The summed E-state index contributed by atoms with van der Waals surface area (Å²) >= 11 is 5.89. The van der Waals surface area contributed by atoms with Gasteiger partial charge in [-0.3, -0.25) is 14.6 Å². The molecule has 120 valence electrons. The number of hydrogen-bond acceptors (Lipinski definition) is 4. The third-order valence-electron chi connectivity index (χ3n) is 3.42. The van der Waals surface area contributed by atoms with Crippen molar-refractivity contribution < 1.29 is 9.90 Å². The average Bonchev–Trinajstić information content (AvgIpc) is 2.55. The van der Waals surface area contributed by atoms with E-state index in [-0.39, 0.29) is 11.3 Å². The zero-order chi connectivity index (χ0) is 17.3. The molecule has 1 heterocycles. The van der Waals surface area contributed by atoms with Gasteiger partial charge in [0.15, 0.2) is 0 Å². The molecule has 0 radical (unpaired) electrons. The summed E-state index contributed by atoms with van der Waals surface area (Å²) in [4.78, 5) is 38.7. The summed E-state index contributed by atoms with van der Waals surface area (Å²) in [6, 6.07) is 14.1. The summed E-state index contributed by atoms with van der Waals surface area (Å²) < 4.78 is 0.823.